The molecule has 2 aromatic rings. The first-order valence-electron chi connectivity index (χ1n) is 12.0. The van der Waals surface area contributed by atoms with Crippen molar-refractivity contribution in [3.05, 3.63) is 53.6 Å². The van der Waals surface area contributed by atoms with Gasteiger partial charge in [-0.05, 0) is 99.7 Å². The summed E-state index contributed by atoms with van der Waals surface area (Å²) < 4.78 is 3.41. The summed E-state index contributed by atoms with van der Waals surface area (Å²) in [6.07, 6.45) is 5.12. The maximum absolute atomic E-state index is 13.4. The highest BCUT2D eigenvalue weighted by Gasteiger charge is 2.44. The zero-order valence-corrected chi connectivity index (χ0v) is 21.1. The average Bonchev–Trinajstić information content (AvgIpc) is 3.55. The third kappa shape index (κ3) is 6.11. The van der Waals surface area contributed by atoms with Crippen molar-refractivity contribution in [2.45, 2.75) is 69.7 Å². The van der Waals surface area contributed by atoms with E-state index in [1.807, 2.05) is 43.3 Å². The molecular formula is C27H37N3O2S. The minimum Gasteiger partial charge on any atom is -0.396 e. The van der Waals surface area contributed by atoms with E-state index < -0.39 is 0 Å². The van der Waals surface area contributed by atoms with Gasteiger partial charge < -0.3 is 15.3 Å². The Morgan fingerprint density at radius 3 is 2.48 bits per heavy atom. The highest BCUT2D eigenvalue weighted by atomic mass is 32.2. The normalized spacial score (nSPS) is 18.3. The molecular weight excluding hydrogens is 430 g/mol. The molecule has 2 fully saturated rings. The molecule has 2 aromatic carbocycles. The predicted octanol–water partition coefficient (Wildman–Crippen LogP) is 5.81. The van der Waals surface area contributed by atoms with Crippen molar-refractivity contribution in [3.63, 3.8) is 0 Å². The van der Waals surface area contributed by atoms with Gasteiger partial charge in [-0.2, -0.15) is 0 Å². The van der Waals surface area contributed by atoms with Crippen molar-refractivity contribution < 1.29 is 9.90 Å². The Balaban J connectivity index is 1.54. The van der Waals surface area contributed by atoms with Crippen LogP contribution in [0, 0.1) is 5.41 Å². The summed E-state index contributed by atoms with van der Waals surface area (Å²) >= 11 is 1.57. The number of aliphatic hydroxyl groups is 1. The number of hydrogen-bond acceptors (Lipinski definition) is 5. The summed E-state index contributed by atoms with van der Waals surface area (Å²) in [6.45, 7) is 10.5. The molecule has 0 bridgehead atoms. The highest BCUT2D eigenvalue weighted by molar-refractivity contribution is 7.97. The lowest BCUT2D eigenvalue weighted by atomic mass is 9.92. The van der Waals surface area contributed by atoms with Crippen molar-refractivity contribution in [3.8, 4) is 0 Å². The van der Waals surface area contributed by atoms with Gasteiger partial charge in [0.2, 0.25) is 0 Å². The first-order chi connectivity index (χ1) is 15.7. The van der Waals surface area contributed by atoms with Crippen molar-refractivity contribution >= 4 is 29.2 Å². The van der Waals surface area contributed by atoms with E-state index in [2.05, 4.69) is 41.8 Å². The van der Waals surface area contributed by atoms with E-state index in [-0.39, 0.29) is 24.0 Å². The molecule has 33 heavy (non-hydrogen) atoms. The van der Waals surface area contributed by atoms with Crippen LogP contribution in [0.3, 0.4) is 0 Å². The molecule has 2 aliphatic rings. The molecule has 1 aliphatic carbocycles. The number of nitrogens with one attached hydrogen (secondary N) is 2. The number of hydrogen-bond donors (Lipinski definition) is 3. The van der Waals surface area contributed by atoms with E-state index in [1.54, 1.807) is 11.9 Å². The SMILES string of the molecule is CC(CO)c1ccc(C(=O)Nc2cccc(SNC(C)(C)C)c2)c(N2CCC3(CC2)CC3)c1. The third-order valence-electron chi connectivity index (χ3n) is 6.80. The van der Waals surface area contributed by atoms with Gasteiger partial charge >= 0.3 is 0 Å². The first-order valence-corrected chi connectivity index (χ1v) is 12.8. The van der Waals surface area contributed by atoms with E-state index in [0.717, 1.165) is 34.9 Å². The minimum absolute atomic E-state index is 0.000237. The molecule has 1 saturated heterocycles. The van der Waals surface area contributed by atoms with Crippen LogP contribution in [0.15, 0.2) is 47.4 Å². The van der Waals surface area contributed by atoms with E-state index in [9.17, 15) is 9.90 Å². The number of piperidine rings is 1. The van der Waals surface area contributed by atoms with Gasteiger partial charge in [0.05, 0.1) is 5.56 Å². The van der Waals surface area contributed by atoms with Crippen LogP contribution in [0.5, 0.6) is 0 Å². The maximum atomic E-state index is 13.4. The number of anilines is 2. The summed E-state index contributed by atoms with van der Waals surface area (Å²) in [5.41, 5.74) is 4.12. The Labute approximate surface area is 202 Å². The van der Waals surface area contributed by atoms with E-state index in [0.29, 0.717) is 11.0 Å². The second-order valence-corrected chi connectivity index (χ2v) is 11.7. The van der Waals surface area contributed by atoms with Gasteiger partial charge in [0.25, 0.3) is 5.91 Å². The standard InChI is InChI=1S/C27H37N3O2S/c1-19(18-31)20-8-9-23(24(16-20)30-14-12-27(10-11-27)13-15-30)25(32)28-21-6-5-7-22(17-21)33-29-26(2,3)4/h5-9,16-17,19,29,31H,10-15,18H2,1-4H3,(H,28,32). The molecule has 1 atom stereocenters. The number of amides is 1. The van der Waals surface area contributed by atoms with Crippen molar-refractivity contribution in [1.29, 1.82) is 0 Å². The van der Waals surface area contributed by atoms with E-state index >= 15 is 0 Å². The van der Waals surface area contributed by atoms with Crippen LogP contribution in [0.2, 0.25) is 0 Å². The van der Waals surface area contributed by atoms with Crippen molar-refractivity contribution in [2.24, 2.45) is 5.41 Å². The van der Waals surface area contributed by atoms with Crippen molar-refractivity contribution in [1.82, 2.24) is 4.72 Å². The summed E-state index contributed by atoms with van der Waals surface area (Å²) in [4.78, 5) is 16.8. The minimum atomic E-state index is -0.0918. The highest BCUT2D eigenvalue weighted by Crippen LogP contribution is 2.54. The summed E-state index contributed by atoms with van der Waals surface area (Å²) in [5, 5.41) is 12.8. The largest absolute Gasteiger partial charge is 0.396 e. The van der Waals surface area contributed by atoms with Crippen LogP contribution in [0.4, 0.5) is 11.4 Å². The maximum Gasteiger partial charge on any atom is 0.257 e. The zero-order valence-electron chi connectivity index (χ0n) is 20.3. The fourth-order valence-corrected chi connectivity index (χ4v) is 5.12. The molecule has 1 spiro atoms. The average molecular weight is 468 g/mol. The van der Waals surface area contributed by atoms with Crippen LogP contribution in [-0.4, -0.2) is 36.2 Å². The van der Waals surface area contributed by atoms with Crippen molar-refractivity contribution in [2.75, 3.05) is 29.9 Å². The van der Waals surface area contributed by atoms with Crippen LogP contribution >= 0.6 is 11.9 Å². The Kier molecular flexibility index (Phi) is 7.08. The lowest BCUT2D eigenvalue weighted by Gasteiger charge is -2.35. The second kappa shape index (κ2) is 9.69. The molecule has 0 radical (unpaired) electrons. The Bertz CT molecular complexity index is 987. The molecule has 6 heteroatoms. The van der Waals surface area contributed by atoms with Gasteiger partial charge in [0, 0.05) is 47.4 Å². The molecule has 178 valence electrons. The Morgan fingerprint density at radius 1 is 1.12 bits per heavy atom. The smallest absolute Gasteiger partial charge is 0.257 e. The fraction of sp³-hybridized carbons (Fsp3) is 0.519. The molecule has 1 saturated carbocycles. The molecule has 1 aliphatic heterocycles. The first kappa shape index (κ1) is 24.1. The van der Waals surface area contributed by atoms with Crippen LogP contribution < -0.4 is 14.9 Å². The van der Waals surface area contributed by atoms with E-state index in [4.69, 9.17) is 0 Å². The quantitative estimate of drug-likeness (QED) is 0.449. The number of carbonyl (C=O) groups is 1. The van der Waals surface area contributed by atoms with Gasteiger partial charge in [0.1, 0.15) is 0 Å². The van der Waals surface area contributed by atoms with Gasteiger partial charge in [-0.1, -0.05) is 19.1 Å². The zero-order chi connectivity index (χ0) is 23.6. The molecule has 4 rings (SSSR count). The second-order valence-electron chi connectivity index (χ2n) is 10.8. The number of nitrogens with zero attached hydrogens (tertiary/aromatic N) is 1. The lowest BCUT2D eigenvalue weighted by molar-refractivity contribution is 0.102. The molecule has 0 aromatic heterocycles. The Hall–Kier alpha value is -2.02. The van der Waals surface area contributed by atoms with Crippen LogP contribution in [0.1, 0.15) is 75.2 Å². The lowest BCUT2D eigenvalue weighted by Crippen LogP contribution is -2.35. The third-order valence-corrected chi connectivity index (χ3v) is 8.00. The number of benzene rings is 2. The van der Waals surface area contributed by atoms with Crippen LogP contribution in [0.25, 0.3) is 0 Å². The fourth-order valence-electron chi connectivity index (χ4n) is 4.36. The van der Waals surface area contributed by atoms with Gasteiger partial charge in [-0.25, -0.2) is 0 Å². The summed E-state index contributed by atoms with van der Waals surface area (Å²) in [5.74, 6) is -0.0460. The van der Waals surface area contributed by atoms with Crippen LogP contribution in [-0.2, 0) is 0 Å². The monoisotopic (exact) mass is 467 g/mol. The molecule has 1 unspecified atom stereocenters. The molecule has 1 heterocycles. The van der Waals surface area contributed by atoms with E-state index in [1.165, 1.54) is 25.7 Å². The topological polar surface area (TPSA) is 64.6 Å². The molecule has 1 amide bonds. The molecule has 5 nitrogen and oxygen atoms in total. The molecule has 3 N–H and O–H groups in total. The number of aliphatic hydroxyl groups excluding tert-OH is 1. The van der Waals surface area contributed by atoms with Gasteiger partial charge in [-0.3, -0.25) is 9.52 Å². The Morgan fingerprint density at radius 2 is 1.85 bits per heavy atom. The number of rotatable bonds is 7. The number of carbonyl (C=O) groups excluding carboxylic acids is 1. The summed E-state index contributed by atoms with van der Waals surface area (Å²) in [6, 6.07) is 13.9. The summed E-state index contributed by atoms with van der Waals surface area (Å²) in [7, 11) is 0. The van der Waals surface area contributed by atoms with Gasteiger partial charge in [-0.15, -0.1) is 0 Å². The predicted molar refractivity (Wildman–Crippen MR) is 138 cm³/mol. The van der Waals surface area contributed by atoms with Gasteiger partial charge in [0.15, 0.2) is 0 Å².